The first-order valence-electron chi connectivity index (χ1n) is 8.79. The van der Waals surface area contributed by atoms with Gasteiger partial charge in [-0.3, -0.25) is 0 Å². The Hall–Kier alpha value is -2.35. The van der Waals surface area contributed by atoms with E-state index in [0.717, 1.165) is 17.0 Å². The van der Waals surface area contributed by atoms with Crippen LogP contribution in [0.2, 0.25) is 5.15 Å². The van der Waals surface area contributed by atoms with Gasteiger partial charge >= 0.3 is 0 Å². The maximum absolute atomic E-state index is 10.3. The molecule has 7 nitrogen and oxygen atoms in total. The fourth-order valence-electron chi connectivity index (χ4n) is 3.54. The van der Waals surface area contributed by atoms with Crippen molar-refractivity contribution in [2.75, 3.05) is 12.4 Å². The van der Waals surface area contributed by atoms with E-state index >= 15 is 0 Å². The van der Waals surface area contributed by atoms with Crippen molar-refractivity contribution in [3.05, 3.63) is 41.6 Å². The lowest BCUT2D eigenvalue weighted by molar-refractivity contribution is 0.0210. The number of methoxy groups -OCH3 is 1. The van der Waals surface area contributed by atoms with Crippen LogP contribution in [0.5, 0.6) is 5.75 Å². The van der Waals surface area contributed by atoms with Gasteiger partial charge in [-0.05, 0) is 36.6 Å². The number of fused-ring (bicyclic) bond motifs is 1. The number of nitrogens with one attached hydrogen (secondary N) is 1. The topological polar surface area (TPSA) is 91.9 Å². The fourth-order valence-corrected chi connectivity index (χ4v) is 3.73. The number of benzene rings is 1. The van der Waals surface area contributed by atoms with Gasteiger partial charge in [-0.15, -0.1) is 0 Å². The molecule has 0 saturated heterocycles. The highest BCUT2D eigenvalue weighted by molar-refractivity contribution is 6.29. The second-order valence-corrected chi connectivity index (χ2v) is 7.32. The molecule has 0 amide bonds. The molecule has 3 N–H and O–H groups in total. The molecule has 3 aromatic rings. The first-order valence-corrected chi connectivity index (χ1v) is 9.17. The van der Waals surface area contributed by atoms with Crippen molar-refractivity contribution in [1.82, 2.24) is 14.6 Å². The zero-order chi connectivity index (χ0) is 19.1. The monoisotopic (exact) mass is 388 g/mol. The van der Waals surface area contributed by atoms with Crippen LogP contribution in [0.25, 0.3) is 16.9 Å². The molecule has 4 atom stereocenters. The Morgan fingerprint density at radius 3 is 2.56 bits per heavy atom. The minimum atomic E-state index is -0.849. The average molecular weight is 389 g/mol. The van der Waals surface area contributed by atoms with E-state index in [-0.39, 0.29) is 12.0 Å². The van der Waals surface area contributed by atoms with Crippen molar-refractivity contribution in [2.45, 2.75) is 31.6 Å². The van der Waals surface area contributed by atoms with E-state index < -0.39 is 12.2 Å². The molecule has 142 valence electrons. The van der Waals surface area contributed by atoms with Crippen molar-refractivity contribution in [2.24, 2.45) is 5.92 Å². The van der Waals surface area contributed by atoms with Crippen LogP contribution >= 0.6 is 11.6 Å². The summed E-state index contributed by atoms with van der Waals surface area (Å²) in [7, 11) is 1.62. The zero-order valence-corrected chi connectivity index (χ0v) is 15.8. The van der Waals surface area contributed by atoms with Crippen LogP contribution in [0, 0.1) is 5.92 Å². The van der Waals surface area contributed by atoms with E-state index in [1.807, 2.05) is 37.3 Å². The number of anilines is 1. The normalized spacial score (nSPS) is 25.1. The van der Waals surface area contributed by atoms with E-state index in [0.29, 0.717) is 23.0 Å². The largest absolute Gasteiger partial charge is 0.497 e. The summed E-state index contributed by atoms with van der Waals surface area (Å²) >= 11 is 6.18. The molecule has 0 spiro atoms. The first kappa shape index (κ1) is 18.0. The first-order chi connectivity index (χ1) is 13.0. The van der Waals surface area contributed by atoms with Gasteiger partial charge in [-0.2, -0.15) is 9.61 Å². The number of aliphatic hydroxyl groups excluding tert-OH is 2. The van der Waals surface area contributed by atoms with Gasteiger partial charge in [-0.1, -0.05) is 18.5 Å². The van der Waals surface area contributed by atoms with Crippen molar-refractivity contribution in [1.29, 1.82) is 0 Å². The van der Waals surface area contributed by atoms with Crippen molar-refractivity contribution in [3.8, 4) is 17.0 Å². The highest BCUT2D eigenvalue weighted by Gasteiger charge is 2.39. The highest BCUT2D eigenvalue weighted by Crippen LogP contribution is 2.30. The number of aromatic nitrogens is 3. The SMILES string of the molecule is COc1ccc(-c2cc3nc(Cl)cc(N[C@@H]4C[C@@H](C)[C@@H](O)[C@H]4O)n3n2)cc1. The Labute approximate surface area is 161 Å². The standard InChI is InChI=1S/C19H21ClN4O3/c1-10-7-14(19(26)18(10)25)21-17-9-15(20)22-16-8-13(23-24(16)17)11-3-5-12(27-2)6-4-11/h3-6,8-10,14,18-19,21,25-26H,7H2,1-2H3/t10-,14-,18-,19+/m1/s1. The van der Waals surface area contributed by atoms with Crippen molar-refractivity contribution in [3.63, 3.8) is 0 Å². The predicted molar refractivity (Wildman–Crippen MR) is 103 cm³/mol. The minimum Gasteiger partial charge on any atom is -0.497 e. The molecule has 4 rings (SSSR count). The van der Waals surface area contributed by atoms with Gasteiger partial charge in [0.15, 0.2) is 5.65 Å². The van der Waals surface area contributed by atoms with Crippen LogP contribution in [0.4, 0.5) is 5.82 Å². The van der Waals surface area contributed by atoms with Gasteiger partial charge in [-0.25, -0.2) is 4.98 Å². The molecule has 2 aromatic heterocycles. The molecule has 0 aliphatic heterocycles. The Kier molecular flexibility index (Phi) is 4.67. The Morgan fingerprint density at radius 2 is 1.93 bits per heavy atom. The molecule has 0 radical (unpaired) electrons. The summed E-state index contributed by atoms with van der Waals surface area (Å²) in [5.41, 5.74) is 2.26. The summed E-state index contributed by atoms with van der Waals surface area (Å²) in [5, 5.41) is 28.5. The van der Waals surface area contributed by atoms with Crippen LogP contribution in [0.1, 0.15) is 13.3 Å². The molecule has 0 bridgehead atoms. The van der Waals surface area contributed by atoms with E-state index in [2.05, 4.69) is 15.4 Å². The van der Waals surface area contributed by atoms with Crippen molar-refractivity contribution < 1.29 is 14.9 Å². The summed E-state index contributed by atoms with van der Waals surface area (Å²) in [6.07, 6.45) is -0.947. The third kappa shape index (κ3) is 3.34. The molecule has 1 aliphatic rings. The minimum absolute atomic E-state index is 0.0118. The quantitative estimate of drug-likeness (QED) is 0.595. The lowest BCUT2D eigenvalue weighted by atomic mass is 10.1. The Bertz CT molecular complexity index is 959. The lowest BCUT2D eigenvalue weighted by Gasteiger charge is -2.19. The number of rotatable bonds is 4. The number of ether oxygens (including phenoxy) is 1. The fraction of sp³-hybridized carbons (Fsp3) is 0.368. The highest BCUT2D eigenvalue weighted by atomic mass is 35.5. The van der Waals surface area contributed by atoms with Crippen LogP contribution in [0.15, 0.2) is 36.4 Å². The van der Waals surface area contributed by atoms with Crippen LogP contribution < -0.4 is 10.1 Å². The second kappa shape index (κ2) is 6.99. The lowest BCUT2D eigenvalue weighted by Crippen LogP contribution is -2.35. The maximum Gasteiger partial charge on any atom is 0.159 e. The number of halogens is 1. The molecule has 8 heteroatoms. The molecular weight excluding hydrogens is 368 g/mol. The van der Waals surface area contributed by atoms with E-state index in [9.17, 15) is 10.2 Å². The van der Waals surface area contributed by atoms with Crippen LogP contribution in [0.3, 0.4) is 0 Å². The summed E-state index contributed by atoms with van der Waals surface area (Å²) < 4.78 is 6.85. The van der Waals surface area contributed by atoms with Gasteiger partial charge in [0, 0.05) is 17.7 Å². The molecule has 1 aromatic carbocycles. The van der Waals surface area contributed by atoms with Gasteiger partial charge in [0.1, 0.15) is 22.8 Å². The van der Waals surface area contributed by atoms with E-state index in [1.165, 1.54) is 0 Å². The number of nitrogens with zero attached hydrogens (tertiary/aromatic N) is 3. The van der Waals surface area contributed by atoms with E-state index in [1.54, 1.807) is 17.7 Å². The number of aliphatic hydroxyl groups is 2. The van der Waals surface area contributed by atoms with Gasteiger partial charge in [0.2, 0.25) is 0 Å². The molecule has 27 heavy (non-hydrogen) atoms. The summed E-state index contributed by atoms with van der Waals surface area (Å²) in [6.45, 7) is 1.92. The van der Waals surface area contributed by atoms with E-state index in [4.69, 9.17) is 16.3 Å². The molecule has 1 aliphatic carbocycles. The number of hydrogen-bond donors (Lipinski definition) is 3. The van der Waals surface area contributed by atoms with Crippen LogP contribution in [-0.4, -0.2) is 50.2 Å². The smallest absolute Gasteiger partial charge is 0.159 e. The maximum atomic E-state index is 10.3. The Morgan fingerprint density at radius 1 is 1.19 bits per heavy atom. The van der Waals surface area contributed by atoms with Gasteiger partial charge < -0.3 is 20.3 Å². The predicted octanol–water partition coefficient (Wildman–Crippen LogP) is 2.60. The third-order valence-electron chi connectivity index (χ3n) is 5.09. The van der Waals surface area contributed by atoms with Gasteiger partial charge in [0.25, 0.3) is 0 Å². The van der Waals surface area contributed by atoms with Gasteiger partial charge in [0.05, 0.1) is 24.9 Å². The molecule has 1 saturated carbocycles. The third-order valence-corrected chi connectivity index (χ3v) is 5.28. The summed E-state index contributed by atoms with van der Waals surface area (Å²) in [6, 6.07) is 10.8. The average Bonchev–Trinajstić information content (AvgIpc) is 3.19. The second-order valence-electron chi connectivity index (χ2n) is 6.94. The molecular formula is C19H21ClN4O3. The zero-order valence-electron chi connectivity index (χ0n) is 15.0. The molecule has 2 heterocycles. The Balaban J connectivity index is 1.70. The summed E-state index contributed by atoms with van der Waals surface area (Å²) in [5.74, 6) is 1.40. The molecule has 0 unspecified atom stereocenters. The van der Waals surface area contributed by atoms with Crippen LogP contribution in [-0.2, 0) is 0 Å². The molecule has 1 fully saturated rings. The van der Waals surface area contributed by atoms with Crippen molar-refractivity contribution >= 4 is 23.1 Å². The number of hydrogen-bond acceptors (Lipinski definition) is 6. The summed E-state index contributed by atoms with van der Waals surface area (Å²) in [4.78, 5) is 4.33.